The number of rotatable bonds is 2. The van der Waals surface area contributed by atoms with Gasteiger partial charge in [0.1, 0.15) is 6.04 Å². The molecule has 3 heterocycles. The second-order valence-corrected chi connectivity index (χ2v) is 5.54. The van der Waals surface area contributed by atoms with Crippen LogP contribution < -0.4 is 5.32 Å². The summed E-state index contributed by atoms with van der Waals surface area (Å²) in [6.45, 7) is 0. The Labute approximate surface area is 127 Å². The summed E-state index contributed by atoms with van der Waals surface area (Å²) < 4.78 is 0. The van der Waals surface area contributed by atoms with Crippen molar-refractivity contribution in [2.75, 3.05) is 0 Å². The minimum Gasteiger partial charge on any atom is -0.480 e. The molecule has 0 fully saturated rings. The predicted molar refractivity (Wildman–Crippen MR) is 82.6 cm³/mol. The quantitative estimate of drug-likeness (QED) is 0.677. The van der Waals surface area contributed by atoms with Crippen molar-refractivity contribution >= 4 is 16.9 Å². The van der Waals surface area contributed by atoms with Gasteiger partial charge in [0, 0.05) is 35.4 Å². The van der Waals surface area contributed by atoms with Gasteiger partial charge in [0.15, 0.2) is 0 Å². The van der Waals surface area contributed by atoms with Crippen molar-refractivity contribution in [1.29, 1.82) is 0 Å². The largest absolute Gasteiger partial charge is 0.480 e. The fourth-order valence-corrected chi connectivity index (χ4v) is 3.21. The molecule has 5 nitrogen and oxygen atoms in total. The van der Waals surface area contributed by atoms with E-state index in [1.165, 1.54) is 0 Å². The summed E-state index contributed by atoms with van der Waals surface area (Å²) in [4.78, 5) is 19.0. The summed E-state index contributed by atoms with van der Waals surface area (Å²) >= 11 is 0. The number of carboxylic acids is 1. The smallest absolute Gasteiger partial charge is 0.321 e. The maximum Gasteiger partial charge on any atom is 0.321 e. The average molecular weight is 293 g/mol. The Morgan fingerprint density at radius 3 is 2.73 bits per heavy atom. The number of hydrogen-bond donors (Lipinski definition) is 3. The molecule has 1 aliphatic rings. The number of pyridine rings is 1. The lowest BCUT2D eigenvalue weighted by molar-refractivity contribution is -0.139. The van der Waals surface area contributed by atoms with Crippen LogP contribution in [0.25, 0.3) is 10.9 Å². The molecule has 2 atom stereocenters. The molecule has 0 amide bonds. The van der Waals surface area contributed by atoms with Gasteiger partial charge in [0.05, 0.1) is 6.04 Å². The fourth-order valence-electron chi connectivity index (χ4n) is 3.21. The zero-order valence-corrected chi connectivity index (χ0v) is 11.8. The highest BCUT2D eigenvalue weighted by Crippen LogP contribution is 2.34. The Morgan fingerprint density at radius 1 is 1.18 bits per heavy atom. The van der Waals surface area contributed by atoms with Crippen LogP contribution >= 0.6 is 0 Å². The summed E-state index contributed by atoms with van der Waals surface area (Å²) in [5, 5.41) is 13.8. The van der Waals surface area contributed by atoms with Crippen molar-refractivity contribution in [2.45, 2.75) is 18.5 Å². The number of carboxylic acid groups (broad SMARTS) is 1. The molecule has 4 rings (SSSR count). The molecule has 5 heteroatoms. The van der Waals surface area contributed by atoms with Gasteiger partial charge < -0.3 is 10.1 Å². The first-order chi connectivity index (χ1) is 10.7. The van der Waals surface area contributed by atoms with E-state index in [4.69, 9.17) is 0 Å². The lowest BCUT2D eigenvalue weighted by Gasteiger charge is -2.29. The first-order valence-corrected chi connectivity index (χ1v) is 7.22. The van der Waals surface area contributed by atoms with E-state index < -0.39 is 12.0 Å². The molecule has 0 saturated carbocycles. The monoisotopic (exact) mass is 293 g/mol. The number of aliphatic carboxylic acids is 1. The van der Waals surface area contributed by atoms with E-state index in [1.807, 2.05) is 36.4 Å². The molecule has 1 aliphatic heterocycles. The minimum absolute atomic E-state index is 0.166. The molecule has 3 aromatic rings. The number of hydrogen-bond acceptors (Lipinski definition) is 3. The van der Waals surface area contributed by atoms with Crippen LogP contribution in [0.4, 0.5) is 0 Å². The van der Waals surface area contributed by atoms with E-state index >= 15 is 0 Å². The van der Waals surface area contributed by atoms with Gasteiger partial charge in [0.25, 0.3) is 0 Å². The minimum atomic E-state index is -0.824. The zero-order valence-electron chi connectivity index (χ0n) is 11.8. The first kappa shape index (κ1) is 13.0. The highest BCUT2D eigenvalue weighted by atomic mass is 16.4. The van der Waals surface area contributed by atoms with Gasteiger partial charge in [-0.05, 0) is 29.3 Å². The molecular formula is C17H15N3O2. The van der Waals surface area contributed by atoms with Gasteiger partial charge in [-0.15, -0.1) is 0 Å². The normalized spacial score (nSPS) is 20.7. The van der Waals surface area contributed by atoms with Crippen LogP contribution in [0.15, 0.2) is 48.8 Å². The molecule has 2 aromatic heterocycles. The summed E-state index contributed by atoms with van der Waals surface area (Å²) in [6, 6.07) is 11.1. The predicted octanol–water partition coefficient (Wildman–Crippen LogP) is 2.25. The third kappa shape index (κ3) is 1.98. The van der Waals surface area contributed by atoms with Gasteiger partial charge in [-0.25, -0.2) is 0 Å². The van der Waals surface area contributed by atoms with Gasteiger partial charge in [0.2, 0.25) is 0 Å². The number of carbonyl (C=O) groups is 1. The zero-order chi connectivity index (χ0) is 15.1. The highest BCUT2D eigenvalue weighted by Gasteiger charge is 2.33. The van der Waals surface area contributed by atoms with Crippen molar-refractivity contribution < 1.29 is 9.90 Å². The van der Waals surface area contributed by atoms with Crippen molar-refractivity contribution in [1.82, 2.24) is 15.3 Å². The van der Waals surface area contributed by atoms with Crippen LogP contribution in [0, 0.1) is 0 Å². The van der Waals surface area contributed by atoms with E-state index in [9.17, 15) is 9.90 Å². The van der Waals surface area contributed by atoms with E-state index in [-0.39, 0.29) is 6.04 Å². The Kier molecular flexibility index (Phi) is 2.94. The van der Waals surface area contributed by atoms with Crippen LogP contribution in [-0.4, -0.2) is 27.1 Å². The Bertz CT molecular complexity index is 841. The topological polar surface area (TPSA) is 78.0 Å². The summed E-state index contributed by atoms with van der Waals surface area (Å²) in [5.74, 6) is -0.824. The third-order valence-corrected chi connectivity index (χ3v) is 4.25. The van der Waals surface area contributed by atoms with Crippen LogP contribution in [0.2, 0.25) is 0 Å². The molecule has 1 unspecified atom stereocenters. The molecule has 22 heavy (non-hydrogen) atoms. The van der Waals surface area contributed by atoms with E-state index in [1.54, 1.807) is 12.4 Å². The number of nitrogens with one attached hydrogen (secondary N) is 2. The van der Waals surface area contributed by atoms with Gasteiger partial charge in [-0.3, -0.25) is 15.1 Å². The Morgan fingerprint density at radius 2 is 1.95 bits per heavy atom. The molecular weight excluding hydrogens is 278 g/mol. The number of H-pyrrole nitrogens is 1. The molecule has 0 bridgehead atoms. The Balaban J connectivity index is 1.91. The number of aromatic nitrogens is 2. The van der Waals surface area contributed by atoms with Crippen molar-refractivity contribution in [2.24, 2.45) is 0 Å². The molecule has 0 saturated heterocycles. The SMILES string of the molecule is O=C(O)[C@@H]1Cc2c([nH]c3ccccc23)C(c2ccncc2)N1. The second kappa shape index (κ2) is 4.96. The second-order valence-electron chi connectivity index (χ2n) is 5.54. The average Bonchev–Trinajstić information content (AvgIpc) is 2.93. The van der Waals surface area contributed by atoms with Gasteiger partial charge in [-0.1, -0.05) is 18.2 Å². The summed E-state index contributed by atoms with van der Waals surface area (Å²) in [5.41, 5.74) is 4.18. The number of fused-ring (bicyclic) bond motifs is 3. The lowest BCUT2D eigenvalue weighted by atomic mass is 9.91. The van der Waals surface area contributed by atoms with Crippen LogP contribution in [0.3, 0.4) is 0 Å². The number of para-hydroxylation sites is 1. The third-order valence-electron chi connectivity index (χ3n) is 4.25. The van der Waals surface area contributed by atoms with E-state index in [0.29, 0.717) is 6.42 Å². The number of nitrogens with zero attached hydrogens (tertiary/aromatic N) is 1. The summed E-state index contributed by atoms with van der Waals surface area (Å²) in [7, 11) is 0. The molecule has 110 valence electrons. The molecule has 1 aromatic carbocycles. The van der Waals surface area contributed by atoms with Crippen molar-refractivity contribution in [3.05, 3.63) is 65.6 Å². The molecule has 0 spiro atoms. The summed E-state index contributed by atoms with van der Waals surface area (Å²) in [6.07, 6.45) is 3.93. The van der Waals surface area contributed by atoms with Gasteiger partial charge in [-0.2, -0.15) is 0 Å². The van der Waals surface area contributed by atoms with E-state index in [2.05, 4.69) is 15.3 Å². The fraction of sp³-hybridized carbons (Fsp3) is 0.176. The Hall–Kier alpha value is -2.66. The highest BCUT2D eigenvalue weighted by molar-refractivity contribution is 5.87. The maximum absolute atomic E-state index is 11.5. The van der Waals surface area contributed by atoms with Crippen LogP contribution in [0.5, 0.6) is 0 Å². The molecule has 3 N–H and O–H groups in total. The van der Waals surface area contributed by atoms with Crippen molar-refractivity contribution in [3.8, 4) is 0 Å². The first-order valence-electron chi connectivity index (χ1n) is 7.22. The standard InChI is InChI=1S/C17H15N3O2/c21-17(22)14-9-12-11-3-1-2-4-13(11)19-16(12)15(20-14)10-5-7-18-8-6-10/h1-8,14-15,19-20H,9H2,(H,21,22)/t14-,15?/m0/s1. The lowest BCUT2D eigenvalue weighted by Crippen LogP contribution is -2.44. The van der Waals surface area contributed by atoms with Crippen molar-refractivity contribution in [3.63, 3.8) is 0 Å². The molecule has 0 radical (unpaired) electrons. The van der Waals surface area contributed by atoms with Crippen LogP contribution in [0.1, 0.15) is 22.9 Å². The number of benzene rings is 1. The van der Waals surface area contributed by atoms with Crippen LogP contribution in [-0.2, 0) is 11.2 Å². The van der Waals surface area contributed by atoms with Gasteiger partial charge >= 0.3 is 5.97 Å². The molecule has 0 aliphatic carbocycles. The maximum atomic E-state index is 11.5. The number of aromatic amines is 1. The van der Waals surface area contributed by atoms with E-state index in [0.717, 1.165) is 27.7 Å².